The Labute approximate surface area is 113 Å². The molecule has 1 N–H and O–H groups in total. The monoisotopic (exact) mass is 259 g/mol. The third-order valence-corrected chi connectivity index (χ3v) is 3.06. The number of benzene rings is 2. The Balaban J connectivity index is 1.86. The molecule has 0 heterocycles. The second-order valence-electron chi connectivity index (χ2n) is 4.49. The van der Waals surface area contributed by atoms with E-state index in [0.29, 0.717) is 5.56 Å². The summed E-state index contributed by atoms with van der Waals surface area (Å²) >= 11 is 0. The van der Waals surface area contributed by atoms with Gasteiger partial charge < -0.3 is 10.1 Å². The number of aryl methyl sites for hydroxylation is 1. The van der Waals surface area contributed by atoms with Crippen LogP contribution in [0.1, 0.15) is 11.1 Å². The molecular weight excluding hydrogens is 241 g/mol. The second-order valence-corrected chi connectivity index (χ2v) is 4.49. The molecule has 2 aromatic carbocycles. The van der Waals surface area contributed by atoms with Crippen LogP contribution in [0.5, 0.6) is 5.75 Å². The van der Waals surface area contributed by atoms with Crippen LogP contribution in [0.3, 0.4) is 0 Å². The molecule has 0 amide bonds. The molecule has 0 atom stereocenters. The molecule has 19 heavy (non-hydrogen) atoms. The second kappa shape index (κ2) is 6.23. The van der Waals surface area contributed by atoms with E-state index >= 15 is 0 Å². The van der Waals surface area contributed by atoms with Crippen molar-refractivity contribution in [3.05, 3.63) is 59.4 Å². The summed E-state index contributed by atoms with van der Waals surface area (Å²) in [7, 11) is 1.66. The summed E-state index contributed by atoms with van der Waals surface area (Å²) in [6.45, 7) is 2.58. The fraction of sp³-hybridized carbons (Fsp3) is 0.250. The number of methoxy groups -OCH3 is 1. The lowest BCUT2D eigenvalue weighted by Crippen LogP contribution is -2.05. The van der Waals surface area contributed by atoms with Gasteiger partial charge in [-0.1, -0.05) is 12.1 Å². The minimum absolute atomic E-state index is 0.166. The van der Waals surface area contributed by atoms with Crippen LogP contribution in [0, 0.1) is 12.7 Å². The molecule has 0 fully saturated rings. The van der Waals surface area contributed by atoms with Gasteiger partial charge in [-0.15, -0.1) is 0 Å². The molecule has 0 aliphatic carbocycles. The number of anilines is 1. The number of hydrogen-bond acceptors (Lipinski definition) is 2. The molecule has 0 saturated carbocycles. The molecule has 0 aromatic heterocycles. The maximum atomic E-state index is 13.1. The van der Waals surface area contributed by atoms with Crippen molar-refractivity contribution in [3.63, 3.8) is 0 Å². The van der Waals surface area contributed by atoms with Crippen molar-refractivity contribution in [2.45, 2.75) is 13.3 Å². The first-order chi connectivity index (χ1) is 9.19. The molecule has 0 aliphatic heterocycles. The number of rotatable bonds is 5. The highest BCUT2D eigenvalue weighted by Gasteiger charge is 1.99. The summed E-state index contributed by atoms with van der Waals surface area (Å²) in [6.07, 6.45) is 0.917. The molecule has 3 heteroatoms. The zero-order valence-corrected chi connectivity index (χ0v) is 11.2. The number of halogens is 1. The Kier molecular flexibility index (Phi) is 4.39. The first kappa shape index (κ1) is 13.4. The van der Waals surface area contributed by atoms with E-state index in [0.717, 1.165) is 24.4 Å². The maximum absolute atomic E-state index is 13.1. The van der Waals surface area contributed by atoms with Gasteiger partial charge in [0.15, 0.2) is 0 Å². The fourth-order valence-electron chi connectivity index (χ4n) is 1.90. The van der Waals surface area contributed by atoms with Crippen LogP contribution in [0.25, 0.3) is 0 Å². The van der Waals surface area contributed by atoms with Crippen LogP contribution >= 0.6 is 0 Å². The molecule has 2 nitrogen and oxygen atoms in total. The average molecular weight is 259 g/mol. The van der Waals surface area contributed by atoms with E-state index in [4.69, 9.17) is 4.74 Å². The van der Waals surface area contributed by atoms with Crippen LogP contribution < -0.4 is 10.1 Å². The number of ether oxygens (including phenoxy) is 1. The highest BCUT2D eigenvalue weighted by Crippen LogP contribution is 2.14. The Morgan fingerprint density at radius 3 is 2.47 bits per heavy atom. The van der Waals surface area contributed by atoms with Gasteiger partial charge in [0, 0.05) is 12.2 Å². The van der Waals surface area contributed by atoms with Gasteiger partial charge in [-0.3, -0.25) is 0 Å². The summed E-state index contributed by atoms with van der Waals surface area (Å²) < 4.78 is 18.2. The van der Waals surface area contributed by atoms with Gasteiger partial charge in [0.1, 0.15) is 11.6 Å². The van der Waals surface area contributed by atoms with Crippen LogP contribution in [-0.2, 0) is 6.42 Å². The number of nitrogens with one attached hydrogen (secondary N) is 1. The molecule has 2 aromatic rings. The molecule has 100 valence electrons. The van der Waals surface area contributed by atoms with Crippen molar-refractivity contribution in [2.24, 2.45) is 0 Å². The quantitative estimate of drug-likeness (QED) is 0.882. The summed E-state index contributed by atoms with van der Waals surface area (Å²) in [5.74, 6) is 0.701. The molecule has 2 rings (SSSR count). The zero-order valence-electron chi connectivity index (χ0n) is 11.2. The summed E-state index contributed by atoms with van der Waals surface area (Å²) in [6, 6.07) is 13.1. The van der Waals surface area contributed by atoms with Crippen LogP contribution in [0.4, 0.5) is 10.1 Å². The van der Waals surface area contributed by atoms with Crippen molar-refractivity contribution >= 4 is 5.69 Å². The van der Waals surface area contributed by atoms with E-state index in [9.17, 15) is 4.39 Å². The molecule has 0 bridgehead atoms. The van der Waals surface area contributed by atoms with Crippen LogP contribution in [0.15, 0.2) is 42.5 Å². The Morgan fingerprint density at radius 1 is 1.11 bits per heavy atom. The largest absolute Gasteiger partial charge is 0.497 e. The van der Waals surface area contributed by atoms with E-state index in [2.05, 4.69) is 17.4 Å². The predicted octanol–water partition coefficient (Wildman–Crippen LogP) is 3.80. The normalized spacial score (nSPS) is 10.3. The fourth-order valence-corrected chi connectivity index (χ4v) is 1.90. The molecule has 0 aliphatic rings. The van der Waals surface area contributed by atoms with Crippen LogP contribution in [0.2, 0.25) is 0 Å². The van der Waals surface area contributed by atoms with Crippen molar-refractivity contribution in [1.29, 1.82) is 0 Å². The average Bonchev–Trinajstić information content (AvgIpc) is 2.43. The van der Waals surface area contributed by atoms with Crippen molar-refractivity contribution in [2.75, 3.05) is 19.0 Å². The van der Waals surface area contributed by atoms with Crippen molar-refractivity contribution in [1.82, 2.24) is 0 Å². The van der Waals surface area contributed by atoms with Crippen molar-refractivity contribution in [3.8, 4) is 5.75 Å². The Morgan fingerprint density at radius 2 is 1.84 bits per heavy atom. The summed E-state index contributed by atoms with van der Waals surface area (Å²) in [4.78, 5) is 0. The van der Waals surface area contributed by atoms with E-state index < -0.39 is 0 Å². The molecule has 0 unspecified atom stereocenters. The minimum atomic E-state index is -0.166. The molecular formula is C16H18FNO. The first-order valence-electron chi connectivity index (χ1n) is 6.32. The molecule has 0 radical (unpaired) electrons. The minimum Gasteiger partial charge on any atom is -0.497 e. The standard InChI is InChI=1S/C16H18FNO/c1-12-11-14(5-8-16(12)17)18-10-9-13-3-6-15(19-2)7-4-13/h3-8,11,18H,9-10H2,1-2H3. The van der Waals surface area contributed by atoms with Gasteiger partial charge >= 0.3 is 0 Å². The van der Waals surface area contributed by atoms with E-state index in [1.54, 1.807) is 20.1 Å². The Hall–Kier alpha value is -2.03. The third kappa shape index (κ3) is 3.71. The summed E-state index contributed by atoms with van der Waals surface area (Å²) in [5, 5.41) is 3.29. The van der Waals surface area contributed by atoms with Gasteiger partial charge in [-0.25, -0.2) is 4.39 Å². The highest BCUT2D eigenvalue weighted by molar-refractivity contribution is 5.46. The lowest BCUT2D eigenvalue weighted by molar-refractivity contribution is 0.414. The third-order valence-electron chi connectivity index (χ3n) is 3.06. The lowest BCUT2D eigenvalue weighted by Gasteiger charge is -2.08. The van der Waals surface area contributed by atoms with Gasteiger partial charge in [0.05, 0.1) is 7.11 Å². The van der Waals surface area contributed by atoms with Gasteiger partial charge in [-0.2, -0.15) is 0 Å². The van der Waals surface area contributed by atoms with Gasteiger partial charge in [0.2, 0.25) is 0 Å². The van der Waals surface area contributed by atoms with Gasteiger partial charge in [0.25, 0.3) is 0 Å². The SMILES string of the molecule is COc1ccc(CCNc2ccc(F)c(C)c2)cc1. The topological polar surface area (TPSA) is 21.3 Å². The smallest absolute Gasteiger partial charge is 0.126 e. The van der Waals surface area contributed by atoms with E-state index in [-0.39, 0.29) is 5.82 Å². The van der Waals surface area contributed by atoms with Crippen LogP contribution in [-0.4, -0.2) is 13.7 Å². The molecule has 0 spiro atoms. The first-order valence-corrected chi connectivity index (χ1v) is 6.32. The predicted molar refractivity (Wildman–Crippen MR) is 76.3 cm³/mol. The zero-order chi connectivity index (χ0) is 13.7. The van der Waals surface area contributed by atoms with Gasteiger partial charge in [-0.05, 0) is 54.8 Å². The lowest BCUT2D eigenvalue weighted by atomic mass is 10.1. The molecule has 0 saturated heterocycles. The van der Waals surface area contributed by atoms with Crippen molar-refractivity contribution < 1.29 is 9.13 Å². The summed E-state index contributed by atoms with van der Waals surface area (Å²) in [5.41, 5.74) is 2.86. The number of hydrogen-bond donors (Lipinski definition) is 1. The Bertz CT molecular complexity index is 537. The highest BCUT2D eigenvalue weighted by atomic mass is 19.1. The van der Waals surface area contributed by atoms with E-state index in [1.165, 1.54) is 11.6 Å². The van der Waals surface area contributed by atoms with E-state index in [1.807, 2.05) is 18.2 Å². The maximum Gasteiger partial charge on any atom is 0.126 e.